The maximum Gasteiger partial charge on any atom is 0.0670 e. The lowest BCUT2D eigenvalue weighted by molar-refractivity contribution is 0.703. The van der Waals surface area contributed by atoms with Gasteiger partial charge in [-0.25, -0.2) is 0 Å². The second-order valence-electron chi connectivity index (χ2n) is 9.47. The van der Waals surface area contributed by atoms with Crippen LogP contribution in [0.5, 0.6) is 0 Å². The van der Waals surface area contributed by atoms with Gasteiger partial charge < -0.3 is 0 Å². The van der Waals surface area contributed by atoms with Crippen molar-refractivity contribution in [2.24, 2.45) is 0 Å². The first-order valence-electron chi connectivity index (χ1n) is 11.9. The van der Waals surface area contributed by atoms with E-state index in [9.17, 15) is 0 Å². The molecule has 0 atom stereocenters. The summed E-state index contributed by atoms with van der Waals surface area (Å²) in [7, 11) is 0. The molecule has 0 aromatic heterocycles. The third-order valence-electron chi connectivity index (χ3n) is 7.48. The highest BCUT2D eigenvalue weighted by molar-refractivity contribution is 5.80. The van der Waals surface area contributed by atoms with Crippen molar-refractivity contribution in [2.75, 3.05) is 0 Å². The van der Waals surface area contributed by atoms with Gasteiger partial charge in [0.1, 0.15) is 0 Å². The van der Waals surface area contributed by atoms with Gasteiger partial charge in [-0.1, -0.05) is 120 Å². The molecule has 0 spiro atoms. The summed E-state index contributed by atoms with van der Waals surface area (Å²) < 4.78 is 0. The highest BCUT2D eigenvalue weighted by atomic mass is 14.4. The Kier molecular flexibility index (Phi) is 4.69. The zero-order valence-corrected chi connectivity index (χ0v) is 19.3. The lowest BCUT2D eigenvalue weighted by Crippen LogP contribution is -2.33. The van der Waals surface area contributed by atoms with Crippen LogP contribution >= 0.6 is 0 Å². The summed E-state index contributed by atoms with van der Waals surface area (Å²) in [5.74, 6) is 0. The van der Waals surface area contributed by atoms with E-state index in [1.807, 2.05) is 0 Å². The first-order chi connectivity index (χ1) is 16.2. The average Bonchev–Trinajstić information content (AvgIpc) is 3.51. The Bertz CT molecular complexity index is 1350. The van der Waals surface area contributed by atoms with Gasteiger partial charge in [-0.3, -0.25) is 0 Å². The molecule has 4 aromatic carbocycles. The van der Waals surface area contributed by atoms with Gasteiger partial charge in [0.05, 0.1) is 5.41 Å². The maximum atomic E-state index is 2.38. The normalized spacial score (nSPS) is 14.2. The Morgan fingerprint density at radius 3 is 1.91 bits per heavy atom. The van der Waals surface area contributed by atoms with Gasteiger partial charge in [0.15, 0.2) is 0 Å². The van der Waals surface area contributed by atoms with Crippen LogP contribution in [0.1, 0.15) is 45.4 Å². The van der Waals surface area contributed by atoms with Crippen LogP contribution < -0.4 is 0 Å². The van der Waals surface area contributed by atoms with Crippen molar-refractivity contribution in [1.29, 1.82) is 0 Å². The molecule has 4 aromatic rings. The molecule has 0 N–H and O–H groups in total. The fraction of sp³-hybridized carbons (Fsp3) is 0.152. The van der Waals surface area contributed by atoms with Crippen molar-refractivity contribution in [3.8, 4) is 11.1 Å². The highest BCUT2D eigenvalue weighted by Crippen LogP contribution is 2.52. The van der Waals surface area contributed by atoms with Crippen molar-refractivity contribution in [2.45, 2.75) is 32.1 Å². The number of hydrogen-bond donors (Lipinski definition) is 0. The zero-order valence-electron chi connectivity index (χ0n) is 19.3. The molecule has 0 nitrogen and oxygen atoms in total. The van der Waals surface area contributed by atoms with E-state index in [-0.39, 0.29) is 5.41 Å². The van der Waals surface area contributed by atoms with E-state index in [1.54, 1.807) is 0 Å². The SMILES string of the molecule is Cc1ccc(C(C2=CC=CC2)(c2ccc(C)cc2)c2cccc3c2Cc2ccccc2-3)cc1. The monoisotopic (exact) mass is 424 g/mol. The molecule has 0 radical (unpaired) electrons. The second-order valence-corrected chi connectivity index (χ2v) is 9.47. The van der Waals surface area contributed by atoms with Crippen LogP contribution in [0.4, 0.5) is 0 Å². The number of benzene rings is 4. The summed E-state index contributed by atoms with van der Waals surface area (Å²) in [5, 5.41) is 0. The van der Waals surface area contributed by atoms with Crippen LogP contribution in [0.15, 0.2) is 115 Å². The van der Waals surface area contributed by atoms with E-state index in [0.717, 1.165) is 12.8 Å². The zero-order chi connectivity index (χ0) is 22.4. The third kappa shape index (κ3) is 3.05. The average molecular weight is 425 g/mol. The van der Waals surface area contributed by atoms with Crippen molar-refractivity contribution in [3.05, 3.63) is 154 Å². The number of fused-ring (bicyclic) bond motifs is 3. The highest BCUT2D eigenvalue weighted by Gasteiger charge is 2.42. The molecule has 2 aliphatic carbocycles. The predicted octanol–water partition coefficient (Wildman–Crippen LogP) is 8.10. The molecule has 0 heterocycles. The molecule has 0 amide bonds. The predicted molar refractivity (Wildman–Crippen MR) is 139 cm³/mol. The minimum atomic E-state index is -0.321. The van der Waals surface area contributed by atoms with Crippen LogP contribution in [0.2, 0.25) is 0 Å². The summed E-state index contributed by atoms with van der Waals surface area (Å²) in [6.45, 7) is 4.34. The molecule has 0 saturated carbocycles. The quantitative estimate of drug-likeness (QED) is 0.256. The van der Waals surface area contributed by atoms with E-state index in [0.29, 0.717) is 0 Å². The molecule has 0 fully saturated rings. The minimum absolute atomic E-state index is 0.321. The molecule has 160 valence electrons. The van der Waals surface area contributed by atoms with Crippen molar-refractivity contribution in [3.63, 3.8) is 0 Å². The fourth-order valence-electron chi connectivity index (χ4n) is 5.86. The standard InChI is InChI=1S/C33H28/c1-23-14-18-27(19-15-23)33(26-9-4-5-10-26,28-20-16-24(2)17-21-28)32-13-7-12-30-29-11-6-3-8-25(29)22-31(30)32/h3-9,11-21H,10,22H2,1-2H3. The van der Waals surface area contributed by atoms with Gasteiger partial charge in [0.25, 0.3) is 0 Å². The molecular weight excluding hydrogens is 396 g/mol. The van der Waals surface area contributed by atoms with Crippen LogP contribution in [0, 0.1) is 13.8 Å². The van der Waals surface area contributed by atoms with Crippen LogP contribution in [0.25, 0.3) is 11.1 Å². The summed E-state index contributed by atoms with van der Waals surface area (Å²) >= 11 is 0. The molecular formula is C33H28. The third-order valence-corrected chi connectivity index (χ3v) is 7.48. The lowest BCUT2D eigenvalue weighted by Gasteiger charge is -2.39. The van der Waals surface area contributed by atoms with E-state index in [2.05, 4.69) is 123 Å². The summed E-state index contributed by atoms with van der Waals surface area (Å²) in [6, 6.07) is 34.3. The van der Waals surface area contributed by atoms with E-state index >= 15 is 0 Å². The summed E-state index contributed by atoms with van der Waals surface area (Å²) in [6.07, 6.45) is 8.83. The van der Waals surface area contributed by atoms with Gasteiger partial charge in [-0.05, 0) is 71.2 Å². The van der Waals surface area contributed by atoms with E-state index in [4.69, 9.17) is 0 Å². The maximum absolute atomic E-state index is 2.38. The Morgan fingerprint density at radius 1 is 0.636 bits per heavy atom. The Labute approximate surface area is 196 Å². The second kappa shape index (κ2) is 7.74. The molecule has 0 heteroatoms. The molecule has 0 bridgehead atoms. The van der Waals surface area contributed by atoms with Gasteiger partial charge >= 0.3 is 0 Å². The molecule has 33 heavy (non-hydrogen) atoms. The number of allylic oxidation sites excluding steroid dienone is 4. The van der Waals surface area contributed by atoms with Crippen LogP contribution in [0.3, 0.4) is 0 Å². The molecule has 0 unspecified atom stereocenters. The summed E-state index contributed by atoms with van der Waals surface area (Å²) in [4.78, 5) is 0. The molecule has 0 aliphatic heterocycles. The topological polar surface area (TPSA) is 0 Å². The van der Waals surface area contributed by atoms with Gasteiger partial charge in [-0.15, -0.1) is 0 Å². The van der Waals surface area contributed by atoms with Crippen LogP contribution in [-0.4, -0.2) is 0 Å². The smallest absolute Gasteiger partial charge is 0.0670 e. The molecule has 0 saturated heterocycles. The molecule has 6 rings (SSSR count). The van der Waals surface area contributed by atoms with E-state index < -0.39 is 0 Å². The van der Waals surface area contributed by atoms with Gasteiger partial charge in [0, 0.05) is 0 Å². The Balaban J connectivity index is 1.71. The van der Waals surface area contributed by atoms with Gasteiger partial charge in [0.2, 0.25) is 0 Å². The van der Waals surface area contributed by atoms with Gasteiger partial charge in [-0.2, -0.15) is 0 Å². The fourth-order valence-corrected chi connectivity index (χ4v) is 5.86. The Hall–Kier alpha value is -3.64. The first-order valence-corrected chi connectivity index (χ1v) is 11.9. The largest absolute Gasteiger partial charge is 0.0804 e. The van der Waals surface area contributed by atoms with Crippen molar-refractivity contribution >= 4 is 0 Å². The first kappa shape index (κ1) is 20.0. The molecule has 2 aliphatic rings. The Morgan fingerprint density at radius 2 is 1.27 bits per heavy atom. The summed E-state index contributed by atoms with van der Waals surface area (Å²) in [5.41, 5.74) is 13.5. The van der Waals surface area contributed by atoms with Crippen molar-refractivity contribution < 1.29 is 0 Å². The van der Waals surface area contributed by atoms with Crippen LogP contribution in [-0.2, 0) is 11.8 Å². The number of aryl methyl sites for hydroxylation is 2. The number of rotatable bonds is 4. The van der Waals surface area contributed by atoms with E-state index in [1.165, 1.54) is 55.6 Å². The lowest BCUT2D eigenvalue weighted by atomic mass is 9.62. The van der Waals surface area contributed by atoms with Crippen molar-refractivity contribution in [1.82, 2.24) is 0 Å². The minimum Gasteiger partial charge on any atom is -0.0804 e. The number of hydrogen-bond acceptors (Lipinski definition) is 0.